The number of hydrogen-bond acceptors (Lipinski definition) is 2. The lowest BCUT2D eigenvalue weighted by Crippen LogP contribution is -2.52. The molecule has 1 heterocycles. The van der Waals surface area contributed by atoms with E-state index in [1.807, 2.05) is 0 Å². The lowest BCUT2D eigenvalue weighted by molar-refractivity contribution is 0.0889. The second kappa shape index (κ2) is 6.16. The smallest absolute Gasteiger partial charge is 0.127 e. The molecule has 1 fully saturated rings. The predicted octanol–water partition coefficient (Wildman–Crippen LogP) is 2.95. The summed E-state index contributed by atoms with van der Waals surface area (Å²) in [6.07, 6.45) is 0.893. The highest BCUT2D eigenvalue weighted by atomic mass is 35.5. The van der Waals surface area contributed by atoms with E-state index in [1.54, 1.807) is 0 Å². The Bertz CT molecular complexity index is 437. The lowest BCUT2D eigenvalue weighted by atomic mass is 9.79. The molecule has 0 aliphatic carbocycles. The number of rotatable bonds is 2. The normalized spacial score (nSPS) is 22.9. The zero-order valence-electron chi connectivity index (χ0n) is 11.3. The van der Waals surface area contributed by atoms with Crippen LogP contribution in [0, 0.1) is 17.0 Å². The van der Waals surface area contributed by atoms with Crippen LogP contribution in [0.4, 0.5) is 8.78 Å². The van der Waals surface area contributed by atoms with E-state index in [0.29, 0.717) is 12.1 Å². The Balaban J connectivity index is 0.00000180. The number of piperidine rings is 1. The van der Waals surface area contributed by atoms with Crippen molar-refractivity contribution in [1.82, 2.24) is 4.90 Å². The molecule has 2 N–H and O–H groups in total. The fraction of sp³-hybridized carbons (Fsp3) is 0.571. The average Bonchev–Trinajstić information content (AvgIpc) is 2.28. The Kier molecular flexibility index (Phi) is 5.30. The molecular formula is C14H21ClF2N2. The van der Waals surface area contributed by atoms with Crippen LogP contribution in [0.3, 0.4) is 0 Å². The van der Waals surface area contributed by atoms with Gasteiger partial charge in [-0.2, -0.15) is 0 Å². The molecule has 1 saturated heterocycles. The minimum absolute atomic E-state index is 0. The molecule has 108 valence electrons. The van der Waals surface area contributed by atoms with Crippen LogP contribution in [0.15, 0.2) is 18.2 Å². The highest BCUT2D eigenvalue weighted by molar-refractivity contribution is 5.85. The zero-order chi connectivity index (χ0) is 13.3. The maximum Gasteiger partial charge on any atom is 0.127 e. The summed E-state index contributed by atoms with van der Waals surface area (Å²) < 4.78 is 26.7. The van der Waals surface area contributed by atoms with Gasteiger partial charge < -0.3 is 5.73 Å². The van der Waals surface area contributed by atoms with Crippen LogP contribution in [0.25, 0.3) is 0 Å². The first-order valence-corrected chi connectivity index (χ1v) is 6.30. The molecule has 0 saturated carbocycles. The third-order valence-corrected chi connectivity index (χ3v) is 3.79. The molecule has 1 aromatic carbocycles. The first-order chi connectivity index (χ1) is 8.38. The van der Waals surface area contributed by atoms with Gasteiger partial charge in [0, 0.05) is 31.2 Å². The fourth-order valence-corrected chi connectivity index (χ4v) is 2.53. The standard InChI is InChI=1S/C14H20F2N2.ClH/c1-14(2)9-18(6-5-13(14)17)8-10-7-11(15)3-4-12(10)16;/h3-4,7,13H,5-6,8-9,17H2,1-2H3;1H. The monoisotopic (exact) mass is 290 g/mol. The van der Waals surface area contributed by atoms with Crippen LogP contribution in [-0.2, 0) is 6.54 Å². The third-order valence-electron chi connectivity index (χ3n) is 3.79. The topological polar surface area (TPSA) is 29.3 Å². The molecular weight excluding hydrogens is 270 g/mol. The molecule has 0 aromatic heterocycles. The summed E-state index contributed by atoms with van der Waals surface area (Å²) in [6, 6.07) is 3.78. The van der Waals surface area contributed by atoms with Crippen molar-refractivity contribution in [1.29, 1.82) is 0 Å². The Morgan fingerprint density at radius 1 is 1.37 bits per heavy atom. The van der Waals surface area contributed by atoms with E-state index >= 15 is 0 Å². The van der Waals surface area contributed by atoms with Crippen molar-refractivity contribution < 1.29 is 8.78 Å². The second-order valence-electron chi connectivity index (χ2n) is 5.83. The molecule has 1 aliphatic rings. The first-order valence-electron chi connectivity index (χ1n) is 6.30. The van der Waals surface area contributed by atoms with Crippen LogP contribution < -0.4 is 5.73 Å². The SMILES string of the molecule is CC1(C)CN(Cc2cc(F)ccc2F)CCC1N.Cl. The van der Waals surface area contributed by atoms with Crippen molar-refractivity contribution >= 4 is 12.4 Å². The summed E-state index contributed by atoms with van der Waals surface area (Å²) in [6.45, 7) is 6.32. The van der Waals surface area contributed by atoms with Crippen molar-refractivity contribution in [2.75, 3.05) is 13.1 Å². The quantitative estimate of drug-likeness (QED) is 0.907. The van der Waals surface area contributed by atoms with Crippen molar-refractivity contribution in [3.05, 3.63) is 35.4 Å². The van der Waals surface area contributed by atoms with E-state index in [-0.39, 0.29) is 35.5 Å². The van der Waals surface area contributed by atoms with Crippen LogP contribution in [0.5, 0.6) is 0 Å². The minimum atomic E-state index is -0.389. The van der Waals surface area contributed by atoms with Gasteiger partial charge in [0.2, 0.25) is 0 Å². The third kappa shape index (κ3) is 3.88. The molecule has 0 spiro atoms. The molecule has 0 radical (unpaired) electrons. The first kappa shape index (κ1) is 16.3. The van der Waals surface area contributed by atoms with Crippen LogP contribution in [0.1, 0.15) is 25.8 Å². The number of likely N-dealkylation sites (tertiary alicyclic amines) is 1. The lowest BCUT2D eigenvalue weighted by Gasteiger charge is -2.42. The second-order valence-corrected chi connectivity index (χ2v) is 5.83. The van der Waals surface area contributed by atoms with Gasteiger partial charge in [-0.1, -0.05) is 13.8 Å². The Hall–Kier alpha value is -0.710. The van der Waals surface area contributed by atoms with E-state index in [0.717, 1.165) is 25.6 Å². The van der Waals surface area contributed by atoms with Crippen molar-refractivity contribution in [3.63, 3.8) is 0 Å². The van der Waals surface area contributed by atoms with E-state index in [1.165, 1.54) is 12.1 Å². The molecule has 5 heteroatoms. The van der Waals surface area contributed by atoms with Gasteiger partial charge in [0.1, 0.15) is 11.6 Å². The van der Waals surface area contributed by atoms with E-state index < -0.39 is 0 Å². The largest absolute Gasteiger partial charge is 0.327 e. The Labute approximate surface area is 119 Å². The van der Waals surface area contributed by atoms with Crippen LogP contribution in [-0.4, -0.2) is 24.0 Å². The highest BCUT2D eigenvalue weighted by Gasteiger charge is 2.33. The van der Waals surface area contributed by atoms with Crippen molar-refractivity contribution in [3.8, 4) is 0 Å². The molecule has 1 atom stereocenters. The highest BCUT2D eigenvalue weighted by Crippen LogP contribution is 2.28. The molecule has 1 aliphatic heterocycles. The summed E-state index contributed by atoms with van der Waals surface area (Å²) in [5.41, 5.74) is 6.50. The predicted molar refractivity (Wildman–Crippen MR) is 75.3 cm³/mol. The number of nitrogens with zero attached hydrogens (tertiary/aromatic N) is 1. The maximum absolute atomic E-state index is 13.6. The van der Waals surface area contributed by atoms with Crippen LogP contribution in [0.2, 0.25) is 0 Å². The molecule has 2 nitrogen and oxygen atoms in total. The van der Waals surface area contributed by atoms with Crippen LogP contribution >= 0.6 is 12.4 Å². The summed E-state index contributed by atoms with van der Waals surface area (Å²) in [5, 5.41) is 0. The van der Waals surface area contributed by atoms with Gasteiger partial charge in [-0.3, -0.25) is 4.90 Å². The van der Waals surface area contributed by atoms with Gasteiger partial charge >= 0.3 is 0 Å². The average molecular weight is 291 g/mol. The molecule has 1 unspecified atom stereocenters. The molecule has 2 rings (SSSR count). The van der Waals surface area contributed by atoms with Crippen molar-refractivity contribution in [2.24, 2.45) is 11.1 Å². The van der Waals surface area contributed by atoms with Gasteiger partial charge in [0.25, 0.3) is 0 Å². The Morgan fingerprint density at radius 2 is 2.05 bits per heavy atom. The molecule has 0 bridgehead atoms. The van der Waals surface area contributed by atoms with Gasteiger partial charge in [-0.05, 0) is 30.0 Å². The molecule has 0 amide bonds. The minimum Gasteiger partial charge on any atom is -0.327 e. The number of halogens is 3. The maximum atomic E-state index is 13.6. The number of hydrogen-bond donors (Lipinski definition) is 1. The fourth-order valence-electron chi connectivity index (χ4n) is 2.53. The van der Waals surface area contributed by atoms with E-state index in [4.69, 9.17) is 5.73 Å². The molecule has 19 heavy (non-hydrogen) atoms. The summed E-state index contributed by atoms with van der Waals surface area (Å²) in [5.74, 6) is -0.733. The molecule has 1 aromatic rings. The zero-order valence-corrected chi connectivity index (χ0v) is 12.1. The Morgan fingerprint density at radius 3 is 2.68 bits per heavy atom. The van der Waals surface area contributed by atoms with Gasteiger partial charge in [-0.15, -0.1) is 12.4 Å². The summed E-state index contributed by atoms with van der Waals surface area (Å²) >= 11 is 0. The summed E-state index contributed by atoms with van der Waals surface area (Å²) in [7, 11) is 0. The number of benzene rings is 1. The van der Waals surface area contributed by atoms with Gasteiger partial charge in [-0.25, -0.2) is 8.78 Å². The van der Waals surface area contributed by atoms with Gasteiger partial charge in [0.05, 0.1) is 0 Å². The number of nitrogens with two attached hydrogens (primary N) is 1. The summed E-state index contributed by atoms with van der Waals surface area (Å²) in [4.78, 5) is 2.14. The van der Waals surface area contributed by atoms with E-state index in [2.05, 4.69) is 18.7 Å². The van der Waals surface area contributed by atoms with Crippen molar-refractivity contribution in [2.45, 2.75) is 32.9 Å². The van der Waals surface area contributed by atoms with E-state index in [9.17, 15) is 8.78 Å². The van der Waals surface area contributed by atoms with Gasteiger partial charge in [0.15, 0.2) is 0 Å².